The van der Waals surface area contributed by atoms with E-state index in [1.54, 1.807) is 6.08 Å². The van der Waals surface area contributed by atoms with Crippen LogP contribution in [0.15, 0.2) is 11.3 Å². The molecule has 0 aromatic rings. The lowest BCUT2D eigenvalue weighted by atomic mass is 10.1. The highest BCUT2D eigenvalue weighted by atomic mass is 28.4. The van der Waals surface area contributed by atoms with Gasteiger partial charge in [0.15, 0.2) is 0 Å². The largest absolute Gasteiger partial charge is 0.738 e. The Balaban J connectivity index is 3.03. The average Bonchev–Trinajstić information content (AvgIpc) is 1.93. The standard InChI is InChI=1S/C10H14O6Si/c1-7(11)14-17(15-8(2)12,16-9(3)13)10-5-4-6-10/h5H,4,6H2,1-3H3. The van der Waals surface area contributed by atoms with Crippen molar-refractivity contribution in [3.05, 3.63) is 11.3 Å². The molecule has 0 spiro atoms. The van der Waals surface area contributed by atoms with Gasteiger partial charge in [-0.1, -0.05) is 6.08 Å². The van der Waals surface area contributed by atoms with Crippen molar-refractivity contribution in [3.8, 4) is 0 Å². The van der Waals surface area contributed by atoms with Crippen LogP contribution in [-0.2, 0) is 27.7 Å². The number of hydrogen-bond acceptors (Lipinski definition) is 6. The zero-order valence-corrected chi connectivity index (χ0v) is 10.9. The Labute approximate surface area is 99.9 Å². The maximum absolute atomic E-state index is 11.1. The molecule has 1 aliphatic carbocycles. The van der Waals surface area contributed by atoms with Gasteiger partial charge in [0.2, 0.25) is 0 Å². The van der Waals surface area contributed by atoms with Gasteiger partial charge in [0.05, 0.1) is 0 Å². The smallest absolute Gasteiger partial charge is 0.452 e. The number of rotatable bonds is 4. The van der Waals surface area contributed by atoms with Crippen LogP contribution in [0.3, 0.4) is 0 Å². The summed E-state index contributed by atoms with van der Waals surface area (Å²) in [6, 6.07) is 0. The van der Waals surface area contributed by atoms with Crippen molar-refractivity contribution in [2.24, 2.45) is 0 Å². The molecule has 0 aromatic carbocycles. The Kier molecular flexibility index (Phi) is 4.05. The molecule has 0 aliphatic heterocycles. The van der Waals surface area contributed by atoms with Gasteiger partial charge in [0, 0.05) is 26.0 Å². The minimum atomic E-state index is -3.69. The first-order chi connectivity index (χ1) is 7.85. The lowest BCUT2D eigenvalue weighted by molar-refractivity contribution is -0.147. The Bertz CT molecular complexity index is 345. The predicted molar refractivity (Wildman–Crippen MR) is 58.4 cm³/mol. The second kappa shape index (κ2) is 5.13. The molecule has 0 atom stereocenters. The fraction of sp³-hybridized carbons (Fsp3) is 0.500. The molecule has 0 saturated carbocycles. The Morgan fingerprint density at radius 2 is 1.35 bits per heavy atom. The summed E-state index contributed by atoms with van der Waals surface area (Å²) in [6.07, 6.45) is 3.13. The van der Waals surface area contributed by atoms with Crippen molar-refractivity contribution in [2.75, 3.05) is 0 Å². The van der Waals surface area contributed by atoms with Crippen LogP contribution >= 0.6 is 0 Å². The highest BCUT2D eigenvalue weighted by Gasteiger charge is 2.57. The van der Waals surface area contributed by atoms with Crippen molar-refractivity contribution in [1.82, 2.24) is 0 Å². The second-order valence-electron chi connectivity index (χ2n) is 3.61. The van der Waals surface area contributed by atoms with Crippen LogP contribution < -0.4 is 0 Å². The van der Waals surface area contributed by atoms with Crippen LogP contribution in [0.25, 0.3) is 0 Å². The predicted octanol–water partition coefficient (Wildman–Crippen LogP) is 0.874. The van der Waals surface area contributed by atoms with Crippen molar-refractivity contribution >= 4 is 26.7 Å². The van der Waals surface area contributed by atoms with E-state index in [0.29, 0.717) is 11.6 Å². The van der Waals surface area contributed by atoms with E-state index in [0.717, 1.165) is 6.42 Å². The molecule has 0 unspecified atom stereocenters. The third kappa shape index (κ3) is 3.41. The molecule has 17 heavy (non-hydrogen) atoms. The summed E-state index contributed by atoms with van der Waals surface area (Å²) in [4.78, 5) is 33.2. The molecule has 7 heteroatoms. The van der Waals surface area contributed by atoms with Crippen LogP contribution in [0.4, 0.5) is 0 Å². The zero-order chi connectivity index (χ0) is 13.1. The molecule has 0 N–H and O–H groups in total. The Morgan fingerprint density at radius 3 is 1.53 bits per heavy atom. The first-order valence-corrected chi connectivity index (χ1v) is 6.86. The Morgan fingerprint density at radius 1 is 1.00 bits per heavy atom. The molecule has 0 saturated heterocycles. The number of carbonyl (C=O) groups is 3. The maximum atomic E-state index is 11.1. The average molecular weight is 258 g/mol. The van der Waals surface area contributed by atoms with Gasteiger partial charge in [0.25, 0.3) is 17.9 Å². The van der Waals surface area contributed by atoms with E-state index in [4.69, 9.17) is 13.3 Å². The maximum Gasteiger partial charge on any atom is 0.738 e. The van der Waals surface area contributed by atoms with E-state index in [1.165, 1.54) is 20.8 Å². The molecule has 0 bridgehead atoms. The van der Waals surface area contributed by atoms with Gasteiger partial charge in [-0.25, -0.2) is 0 Å². The van der Waals surface area contributed by atoms with E-state index in [9.17, 15) is 14.4 Å². The van der Waals surface area contributed by atoms with E-state index in [2.05, 4.69) is 0 Å². The van der Waals surface area contributed by atoms with Crippen LogP contribution in [0, 0.1) is 0 Å². The van der Waals surface area contributed by atoms with Crippen molar-refractivity contribution in [3.63, 3.8) is 0 Å². The second-order valence-corrected chi connectivity index (χ2v) is 5.97. The summed E-state index contributed by atoms with van der Waals surface area (Å²) in [5, 5.41) is 0.595. The minimum Gasteiger partial charge on any atom is -0.452 e. The number of allylic oxidation sites excluding steroid dienone is 2. The lowest BCUT2D eigenvalue weighted by Crippen LogP contribution is -2.52. The third-order valence-electron chi connectivity index (χ3n) is 2.03. The fourth-order valence-electron chi connectivity index (χ4n) is 1.39. The van der Waals surface area contributed by atoms with E-state index in [1.807, 2.05) is 0 Å². The highest BCUT2D eigenvalue weighted by Crippen LogP contribution is 2.31. The molecule has 94 valence electrons. The van der Waals surface area contributed by atoms with E-state index >= 15 is 0 Å². The van der Waals surface area contributed by atoms with Gasteiger partial charge in [0.1, 0.15) is 0 Å². The van der Waals surface area contributed by atoms with Crippen LogP contribution in [0.1, 0.15) is 33.6 Å². The van der Waals surface area contributed by atoms with Gasteiger partial charge in [-0.05, 0) is 12.8 Å². The van der Waals surface area contributed by atoms with E-state index in [-0.39, 0.29) is 0 Å². The molecule has 0 aromatic heterocycles. The van der Waals surface area contributed by atoms with Gasteiger partial charge in [-0.2, -0.15) is 0 Å². The summed E-state index contributed by atoms with van der Waals surface area (Å²) >= 11 is 0. The molecule has 6 nitrogen and oxygen atoms in total. The molecule has 0 fully saturated rings. The summed E-state index contributed by atoms with van der Waals surface area (Å²) in [5.41, 5.74) is 0. The molecule has 1 rings (SSSR count). The van der Waals surface area contributed by atoms with Crippen molar-refractivity contribution < 1.29 is 27.7 Å². The van der Waals surface area contributed by atoms with Crippen molar-refractivity contribution in [1.29, 1.82) is 0 Å². The lowest BCUT2D eigenvalue weighted by Gasteiger charge is -2.30. The van der Waals surface area contributed by atoms with Gasteiger partial charge >= 0.3 is 8.80 Å². The van der Waals surface area contributed by atoms with Crippen LogP contribution in [0.2, 0.25) is 0 Å². The van der Waals surface area contributed by atoms with Gasteiger partial charge in [-0.15, -0.1) is 0 Å². The summed E-state index contributed by atoms with van der Waals surface area (Å²) in [5.74, 6) is -1.94. The normalized spacial score (nSPS) is 14.2. The Hall–Kier alpha value is -1.63. The summed E-state index contributed by atoms with van der Waals surface area (Å²) in [6.45, 7) is 3.52. The van der Waals surface area contributed by atoms with Gasteiger partial charge in [-0.3, -0.25) is 14.4 Å². The number of hydrogen-bond donors (Lipinski definition) is 0. The minimum absolute atomic E-state index is 0.595. The van der Waals surface area contributed by atoms with E-state index < -0.39 is 26.7 Å². The van der Waals surface area contributed by atoms with Crippen LogP contribution in [0.5, 0.6) is 0 Å². The number of carbonyl (C=O) groups excluding carboxylic acids is 3. The van der Waals surface area contributed by atoms with Crippen molar-refractivity contribution in [2.45, 2.75) is 33.6 Å². The quantitative estimate of drug-likeness (QED) is 0.696. The first-order valence-electron chi connectivity index (χ1n) is 5.14. The summed E-state index contributed by atoms with van der Waals surface area (Å²) < 4.78 is 15.0. The molecule has 1 aliphatic rings. The molecular formula is C10H14O6Si. The molecular weight excluding hydrogens is 244 g/mol. The molecule has 0 radical (unpaired) electrons. The first kappa shape index (κ1) is 13.4. The summed E-state index contributed by atoms with van der Waals surface area (Å²) in [7, 11) is -3.69. The van der Waals surface area contributed by atoms with Crippen LogP contribution in [-0.4, -0.2) is 26.7 Å². The topological polar surface area (TPSA) is 78.9 Å². The molecule has 0 amide bonds. The monoisotopic (exact) mass is 258 g/mol. The fourth-order valence-corrected chi connectivity index (χ4v) is 3.89. The molecule has 0 heterocycles. The zero-order valence-electron chi connectivity index (χ0n) is 9.94. The van der Waals surface area contributed by atoms with Gasteiger partial charge < -0.3 is 13.3 Å². The highest BCUT2D eigenvalue weighted by molar-refractivity contribution is 6.73. The SMILES string of the molecule is CC(=O)O[Si](OC(C)=O)(OC(C)=O)C1=CCC1. The third-order valence-corrected chi connectivity index (χ3v) is 4.94.